The zero-order chi connectivity index (χ0) is 10.7. The van der Waals surface area contributed by atoms with Gasteiger partial charge in [0, 0.05) is 12.6 Å². The van der Waals surface area contributed by atoms with Crippen LogP contribution < -0.4 is 5.73 Å². The van der Waals surface area contributed by atoms with E-state index in [0.29, 0.717) is 12.0 Å². The maximum atomic E-state index is 5.84. The van der Waals surface area contributed by atoms with Gasteiger partial charge in [0.2, 0.25) is 0 Å². The highest BCUT2D eigenvalue weighted by Gasteiger charge is 2.27. The Balaban J connectivity index is 2.00. The fourth-order valence-electron chi connectivity index (χ4n) is 2.51. The normalized spacial score (nSPS) is 28.1. The third-order valence-corrected chi connectivity index (χ3v) is 3.41. The van der Waals surface area contributed by atoms with Gasteiger partial charge in [0.05, 0.1) is 12.8 Å². The first kappa shape index (κ1) is 10.7. The highest BCUT2D eigenvalue weighted by atomic mass is 16.3. The Labute approximate surface area is 91.2 Å². The summed E-state index contributed by atoms with van der Waals surface area (Å²) < 4.78 is 5.38. The maximum absolute atomic E-state index is 5.84. The van der Waals surface area contributed by atoms with E-state index in [1.807, 2.05) is 12.1 Å². The molecule has 2 unspecified atom stereocenters. The highest BCUT2D eigenvalue weighted by Crippen LogP contribution is 2.24. The molecule has 2 atom stereocenters. The lowest BCUT2D eigenvalue weighted by atomic mass is 9.91. The monoisotopic (exact) mass is 208 g/mol. The van der Waals surface area contributed by atoms with Crippen molar-refractivity contribution in [3.05, 3.63) is 24.2 Å². The molecule has 2 N–H and O–H groups in total. The summed E-state index contributed by atoms with van der Waals surface area (Å²) in [5.41, 5.74) is 5.84. The molecule has 1 aliphatic rings. The van der Waals surface area contributed by atoms with E-state index in [4.69, 9.17) is 10.2 Å². The van der Waals surface area contributed by atoms with E-state index in [-0.39, 0.29) is 0 Å². The summed E-state index contributed by atoms with van der Waals surface area (Å²) in [5, 5.41) is 0. The summed E-state index contributed by atoms with van der Waals surface area (Å²) in [6.07, 6.45) is 4.31. The Kier molecular flexibility index (Phi) is 3.44. The van der Waals surface area contributed by atoms with Crippen molar-refractivity contribution in [1.82, 2.24) is 4.90 Å². The zero-order valence-corrected chi connectivity index (χ0v) is 9.36. The molecule has 0 bridgehead atoms. The number of rotatable bonds is 3. The van der Waals surface area contributed by atoms with Crippen LogP contribution in [0.25, 0.3) is 0 Å². The molecular formula is C12H20N2O. The van der Waals surface area contributed by atoms with Gasteiger partial charge < -0.3 is 10.2 Å². The molecule has 84 valence electrons. The largest absolute Gasteiger partial charge is 0.468 e. The predicted octanol–water partition coefficient (Wildman–Crippen LogP) is 1.84. The minimum atomic E-state index is 0.517. The standard InChI is InChI=1S/C12H20N2O/c1-10-4-2-6-14(12(10)8-13)9-11-5-3-7-15-11/h3,5,7,10,12H,2,4,6,8-9,13H2,1H3. The average molecular weight is 208 g/mol. The van der Waals surface area contributed by atoms with E-state index in [9.17, 15) is 0 Å². The van der Waals surface area contributed by atoms with Crippen LogP contribution in [0.2, 0.25) is 0 Å². The Hall–Kier alpha value is -0.800. The third kappa shape index (κ3) is 2.41. The highest BCUT2D eigenvalue weighted by molar-refractivity contribution is 4.99. The lowest BCUT2D eigenvalue weighted by Crippen LogP contribution is -2.47. The summed E-state index contributed by atoms with van der Waals surface area (Å²) in [6, 6.07) is 4.50. The smallest absolute Gasteiger partial charge is 0.117 e. The fraction of sp³-hybridized carbons (Fsp3) is 0.667. The summed E-state index contributed by atoms with van der Waals surface area (Å²) >= 11 is 0. The van der Waals surface area contributed by atoms with E-state index >= 15 is 0 Å². The Bertz CT molecular complexity index is 284. The van der Waals surface area contributed by atoms with Crippen molar-refractivity contribution in [3.63, 3.8) is 0 Å². The van der Waals surface area contributed by atoms with E-state index in [0.717, 1.165) is 25.4 Å². The van der Waals surface area contributed by atoms with Gasteiger partial charge in [-0.3, -0.25) is 4.90 Å². The molecule has 0 aliphatic carbocycles. The van der Waals surface area contributed by atoms with Crippen LogP contribution in [0.5, 0.6) is 0 Å². The molecule has 15 heavy (non-hydrogen) atoms. The Morgan fingerprint density at radius 2 is 2.47 bits per heavy atom. The second kappa shape index (κ2) is 4.81. The molecule has 0 radical (unpaired) electrons. The van der Waals surface area contributed by atoms with Gasteiger partial charge in [0.15, 0.2) is 0 Å². The maximum Gasteiger partial charge on any atom is 0.117 e. The van der Waals surface area contributed by atoms with Gasteiger partial charge in [-0.25, -0.2) is 0 Å². The topological polar surface area (TPSA) is 42.4 Å². The van der Waals surface area contributed by atoms with Gasteiger partial charge in [-0.2, -0.15) is 0 Å². The summed E-state index contributed by atoms with van der Waals surface area (Å²) in [6.45, 7) is 5.10. The van der Waals surface area contributed by atoms with Crippen molar-refractivity contribution in [2.75, 3.05) is 13.1 Å². The lowest BCUT2D eigenvalue weighted by Gasteiger charge is -2.38. The molecular weight excluding hydrogens is 188 g/mol. The van der Waals surface area contributed by atoms with Crippen molar-refractivity contribution in [2.24, 2.45) is 11.7 Å². The SMILES string of the molecule is CC1CCCN(Cc2ccco2)C1CN. The van der Waals surface area contributed by atoms with Crippen LogP contribution in [0.1, 0.15) is 25.5 Å². The van der Waals surface area contributed by atoms with E-state index in [1.165, 1.54) is 12.8 Å². The number of nitrogens with two attached hydrogens (primary N) is 1. The molecule has 1 fully saturated rings. The molecule has 3 nitrogen and oxygen atoms in total. The lowest BCUT2D eigenvalue weighted by molar-refractivity contribution is 0.0917. The Morgan fingerprint density at radius 1 is 1.60 bits per heavy atom. The van der Waals surface area contributed by atoms with Crippen molar-refractivity contribution >= 4 is 0 Å². The van der Waals surface area contributed by atoms with Crippen LogP contribution >= 0.6 is 0 Å². The van der Waals surface area contributed by atoms with Gasteiger partial charge in [0.25, 0.3) is 0 Å². The first-order valence-corrected chi connectivity index (χ1v) is 5.77. The predicted molar refractivity (Wildman–Crippen MR) is 60.4 cm³/mol. The van der Waals surface area contributed by atoms with Crippen LogP contribution in [0, 0.1) is 5.92 Å². The number of hydrogen-bond acceptors (Lipinski definition) is 3. The van der Waals surface area contributed by atoms with Crippen molar-refractivity contribution < 1.29 is 4.42 Å². The minimum Gasteiger partial charge on any atom is -0.468 e. The molecule has 0 spiro atoms. The van der Waals surface area contributed by atoms with Gasteiger partial charge in [-0.1, -0.05) is 6.92 Å². The number of furan rings is 1. The number of hydrogen-bond donors (Lipinski definition) is 1. The van der Waals surface area contributed by atoms with E-state index < -0.39 is 0 Å². The van der Waals surface area contributed by atoms with Gasteiger partial charge in [0.1, 0.15) is 5.76 Å². The molecule has 1 aromatic heterocycles. The van der Waals surface area contributed by atoms with E-state index in [1.54, 1.807) is 6.26 Å². The average Bonchev–Trinajstić information content (AvgIpc) is 2.71. The molecule has 0 aromatic carbocycles. The molecule has 2 rings (SSSR count). The van der Waals surface area contributed by atoms with E-state index in [2.05, 4.69) is 11.8 Å². The fourth-order valence-corrected chi connectivity index (χ4v) is 2.51. The van der Waals surface area contributed by atoms with Crippen LogP contribution in [-0.4, -0.2) is 24.0 Å². The minimum absolute atomic E-state index is 0.517. The molecule has 0 amide bonds. The molecule has 3 heteroatoms. The van der Waals surface area contributed by atoms with Crippen molar-refractivity contribution in [3.8, 4) is 0 Å². The van der Waals surface area contributed by atoms with Crippen molar-refractivity contribution in [2.45, 2.75) is 32.4 Å². The molecule has 1 aliphatic heterocycles. The molecule has 0 saturated carbocycles. The summed E-state index contributed by atoms with van der Waals surface area (Å²) in [4.78, 5) is 2.45. The second-order valence-electron chi connectivity index (χ2n) is 4.47. The molecule has 2 heterocycles. The molecule has 1 saturated heterocycles. The van der Waals surface area contributed by atoms with Gasteiger partial charge >= 0.3 is 0 Å². The number of nitrogens with zero attached hydrogens (tertiary/aromatic N) is 1. The quantitative estimate of drug-likeness (QED) is 0.824. The first-order valence-electron chi connectivity index (χ1n) is 5.77. The van der Waals surface area contributed by atoms with Crippen molar-refractivity contribution in [1.29, 1.82) is 0 Å². The van der Waals surface area contributed by atoms with Crippen LogP contribution in [-0.2, 0) is 6.54 Å². The first-order chi connectivity index (χ1) is 7.31. The third-order valence-electron chi connectivity index (χ3n) is 3.41. The number of likely N-dealkylation sites (tertiary alicyclic amines) is 1. The van der Waals surface area contributed by atoms with Crippen LogP contribution in [0.3, 0.4) is 0 Å². The molecule has 1 aromatic rings. The summed E-state index contributed by atoms with van der Waals surface area (Å²) in [7, 11) is 0. The summed E-state index contributed by atoms with van der Waals surface area (Å²) in [5.74, 6) is 1.75. The Morgan fingerprint density at radius 3 is 3.13 bits per heavy atom. The van der Waals surface area contributed by atoms with Crippen LogP contribution in [0.4, 0.5) is 0 Å². The van der Waals surface area contributed by atoms with Gasteiger partial charge in [-0.05, 0) is 37.4 Å². The van der Waals surface area contributed by atoms with Gasteiger partial charge in [-0.15, -0.1) is 0 Å². The second-order valence-corrected chi connectivity index (χ2v) is 4.47. The van der Waals surface area contributed by atoms with Crippen LogP contribution in [0.15, 0.2) is 22.8 Å². The zero-order valence-electron chi connectivity index (χ0n) is 9.36. The number of piperidine rings is 1.